The summed E-state index contributed by atoms with van der Waals surface area (Å²) in [6.07, 6.45) is 2.13. The standard InChI is InChI=1S/C7H10N2O/c1-3-6-5(2)8-4-7(10)9-6/h4H,3H2,1-2H3,(H,9,10). The van der Waals surface area contributed by atoms with E-state index in [0.29, 0.717) is 0 Å². The molecule has 1 rings (SSSR count). The van der Waals surface area contributed by atoms with Crippen molar-refractivity contribution in [3.63, 3.8) is 0 Å². The largest absolute Gasteiger partial charge is 0.323 e. The summed E-state index contributed by atoms with van der Waals surface area (Å²) in [7, 11) is 0. The van der Waals surface area contributed by atoms with Gasteiger partial charge in [0.2, 0.25) is 0 Å². The Bertz CT molecular complexity index is 277. The van der Waals surface area contributed by atoms with Crippen molar-refractivity contribution in [2.45, 2.75) is 20.3 Å². The van der Waals surface area contributed by atoms with Crippen LogP contribution in [-0.4, -0.2) is 9.97 Å². The zero-order valence-corrected chi connectivity index (χ0v) is 6.14. The normalized spacial score (nSPS) is 9.80. The third-order valence-electron chi connectivity index (χ3n) is 1.44. The number of aromatic amines is 1. The highest BCUT2D eigenvalue weighted by Crippen LogP contribution is 1.95. The van der Waals surface area contributed by atoms with Gasteiger partial charge in [0.1, 0.15) is 0 Å². The van der Waals surface area contributed by atoms with Gasteiger partial charge in [0.15, 0.2) is 0 Å². The first kappa shape index (κ1) is 6.99. The van der Waals surface area contributed by atoms with E-state index >= 15 is 0 Å². The monoisotopic (exact) mass is 138 g/mol. The SMILES string of the molecule is CCc1[nH]c(=O)cnc1C. The van der Waals surface area contributed by atoms with Crippen LogP contribution < -0.4 is 5.56 Å². The summed E-state index contributed by atoms with van der Waals surface area (Å²) in [4.78, 5) is 17.3. The summed E-state index contributed by atoms with van der Waals surface area (Å²) in [6.45, 7) is 3.87. The molecule has 0 bridgehead atoms. The highest BCUT2D eigenvalue weighted by atomic mass is 16.1. The lowest BCUT2D eigenvalue weighted by Gasteiger charge is -1.97. The minimum absolute atomic E-state index is 0.123. The average Bonchev–Trinajstić information content (AvgIpc) is 1.94. The van der Waals surface area contributed by atoms with Crippen LogP contribution in [0.1, 0.15) is 18.3 Å². The second-order valence-electron chi connectivity index (χ2n) is 2.16. The second kappa shape index (κ2) is 2.64. The maximum atomic E-state index is 10.7. The molecule has 0 saturated carbocycles. The molecule has 0 radical (unpaired) electrons. The molecule has 0 saturated heterocycles. The van der Waals surface area contributed by atoms with Gasteiger partial charge in [-0.25, -0.2) is 0 Å². The van der Waals surface area contributed by atoms with Gasteiger partial charge >= 0.3 is 0 Å². The average molecular weight is 138 g/mol. The molecule has 0 spiro atoms. The van der Waals surface area contributed by atoms with Gasteiger partial charge in [0.05, 0.1) is 11.9 Å². The van der Waals surface area contributed by atoms with Gasteiger partial charge in [-0.3, -0.25) is 9.78 Å². The molecule has 0 aliphatic heterocycles. The molecule has 1 N–H and O–H groups in total. The number of H-pyrrole nitrogens is 1. The molecule has 0 atom stereocenters. The topological polar surface area (TPSA) is 45.8 Å². The third-order valence-corrected chi connectivity index (χ3v) is 1.44. The molecular formula is C7H10N2O. The Labute approximate surface area is 59.1 Å². The van der Waals surface area contributed by atoms with Crippen LogP contribution in [-0.2, 0) is 6.42 Å². The van der Waals surface area contributed by atoms with Gasteiger partial charge in [-0.15, -0.1) is 0 Å². The van der Waals surface area contributed by atoms with Crippen LogP contribution >= 0.6 is 0 Å². The fraction of sp³-hybridized carbons (Fsp3) is 0.429. The van der Waals surface area contributed by atoms with Crippen molar-refractivity contribution < 1.29 is 0 Å². The number of hydrogen-bond acceptors (Lipinski definition) is 2. The molecule has 10 heavy (non-hydrogen) atoms. The molecule has 1 aromatic heterocycles. The molecule has 1 aromatic rings. The number of nitrogens with zero attached hydrogens (tertiary/aromatic N) is 1. The highest BCUT2D eigenvalue weighted by Gasteiger charge is 1.95. The van der Waals surface area contributed by atoms with Crippen LogP contribution in [0.15, 0.2) is 11.0 Å². The minimum atomic E-state index is -0.123. The number of aromatic nitrogens is 2. The Morgan fingerprint density at radius 1 is 1.70 bits per heavy atom. The molecule has 3 heteroatoms. The quantitative estimate of drug-likeness (QED) is 0.619. The van der Waals surface area contributed by atoms with Crippen molar-refractivity contribution in [1.29, 1.82) is 0 Å². The molecular weight excluding hydrogens is 128 g/mol. The van der Waals surface area contributed by atoms with E-state index in [2.05, 4.69) is 9.97 Å². The van der Waals surface area contributed by atoms with Crippen LogP contribution in [0.5, 0.6) is 0 Å². The number of nitrogens with one attached hydrogen (secondary N) is 1. The lowest BCUT2D eigenvalue weighted by molar-refractivity contribution is 0.934. The Morgan fingerprint density at radius 2 is 2.40 bits per heavy atom. The fourth-order valence-electron chi connectivity index (χ4n) is 0.849. The molecule has 0 aromatic carbocycles. The van der Waals surface area contributed by atoms with Gasteiger partial charge in [-0.05, 0) is 13.3 Å². The first-order valence-corrected chi connectivity index (χ1v) is 3.29. The summed E-state index contributed by atoms with van der Waals surface area (Å²) < 4.78 is 0. The predicted molar refractivity (Wildman–Crippen MR) is 39.0 cm³/mol. The maximum absolute atomic E-state index is 10.7. The van der Waals surface area contributed by atoms with Crippen LogP contribution in [0.4, 0.5) is 0 Å². The lowest BCUT2D eigenvalue weighted by atomic mass is 10.3. The predicted octanol–water partition coefficient (Wildman–Crippen LogP) is 0.641. The van der Waals surface area contributed by atoms with Crippen molar-refractivity contribution in [3.8, 4) is 0 Å². The Hall–Kier alpha value is -1.12. The summed E-state index contributed by atoms with van der Waals surface area (Å²) >= 11 is 0. The number of rotatable bonds is 1. The van der Waals surface area contributed by atoms with Crippen molar-refractivity contribution in [2.24, 2.45) is 0 Å². The zero-order valence-electron chi connectivity index (χ0n) is 6.14. The van der Waals surface area contributed by atoms with Crippen molar-refractivity contribution >= 4 is 0 Å². The first-order chi connectivity index (χ1) is 4.74. The highest BCUT2D eigenvalue weighted by molar-refractivity contribution is 5.07. The van der Waals surface area contributed by atoms with Gasteiger partial charge in [-0.1, -0.05) is 6.92 Å². The Kier molecular flexibility index (Phi) is 1.85. The molecule has 0 aliphatic rings. The number of aryl methyl sites for hydroxylation is 2. The van der Waals surface area contributed by atoms with E-state index in [1.54, 1.807) is 0 Å². The van der Waals surface area contributed by atoms with E-state index in [0.717, 1.165) is 17.8 Å². The van der Waals surface area contributed by atoms with Gasteiger partial charge in [0.25, 0.3) is 5.56 Å². The van der Waals surface area contributed by atoms with Gasteiger partial charge < -0.3 is 4.98 Å². The minimum Gasteiger partial charge on any atom is -0.323 e. The van der Waals surface area contributed by atoms with Crippen molar-refractivity contribution in [2.75, 3.05) is 0 Å². The van der Waals surface area contributed by atoms with Crippen LogP contribution in [0.3, 0.4) is 0 Å². The Balaban J connectivity index is 3.22. The molecule has 3 nitrogen and oxygen atoms in total. The third kappa shape index (κ3) is 1.23. The van der Waals surface area contributed by atoms with Crippen molar-refractivity contribution in [3.05, 3.63) is 27.9 Å². The molecule has 0 fully saturated rings. The molecule has 54 valence electrons. The zero-order chi connectivity index (χ0) is 7.56. The fourth-order valence-corrected chi connectivity index (χ4v) is 0.849. The second-order valence-corrected chi connectivity index (χ2v) is 2.16. The first-order valence-electron chi connectivity index (χ1n) is 3.29. The van der Waals surface area contributed by atoms with E-state index in [1.165, 1.54) is 6.20 Å². The maximum Gasteiger partial charge on any atom is 0.266 e. The smallest absolute Gasteiger partial charge is 0.266 e. The lowest BCUT2D eigenvalue weighted by Crippen LogP contribution is -2.10. The summed E-state index contributed by atoms with van der Waals surface area (Å²) in [5.74, 6) is 0. The van der Waals surface area contributed by atoms with E-state index in [4.69, 9.17) is 0 Å². The van der Waals surface area contributed by atoms with Crippen molar-refractivity contribution in [1.82, 2.24) is 9.97 Å². The van der Waals surface area contributed by atoms with E-state index in [9.17, 15) is 4.79 Å². The molecule has 0 unspecified atom stereocenters. The molecule has 0 aliphatic carbocycles. The summed E-state index contributed by atoms with van der Waals surface area (Å²) in [5.41, 5.74) is 1.71. The van der Waals surface area contributed by atoms with E-state index in [-0.39, 0.29) is 5.56 Å². The van der Waals surface area contributed by atoms with Gasteiger partial charge in [0, 0.05) is 5.69 Å². The van der Waals surface area contributed by atoms with Crippen LogP contribution in [0, 0.1) is 6.92 Å². The Morgan fingerprint density at radius 3 is 2.90 bits per heavy atom. The number of hydrogen-bond donors (Lipinski definition) is 1. The summed E-state index contributed by atoms with van der Waals surface area (Å²) in [5, 5.41) is 0. The van der Waals surface area contributed by atoms with Crippen LogP contribution in [0.25, 0.3) is 0 Å². The van der Waals surface area contributed by atoms with Crippen LogP contribution in [0.2, 0.25) is 0 Å². The molecule has 0 amide bonds. The van der Waals surface area contributed by atoms with E-state index in [1.807, 2.05) is 13.8 Å². The van der Waals surface area contributed by atoms with Gasteiger partial charge in [-0.2, -0.15) is 0 Å². The summed E-state index contributed by atoms with van der Waals surface area (Å²) in [6, 6.07) is 0. The molecule has 1 heterocycles. The van der Waals surface area contributed by atoms with E-state index < -0.39 is 0 Å².